The lowest BCUT2D eigenvalue weighted by molar-refractivity contribution is 0.0211. The van der Waals surface area contributed by atoms with Gasteiger partial charge in [0.2, 0.25) is 0 Å². The third-order valence-corrected chi connectivity index (χ3v) is 8.18. The number of para-hydroxylation sites is 1. The maximum absolute atomic E-state index is 12.9. The molecule has 0 saturated carbocycles. The van der Waals surface area contributed by atoms with E-state index in [1.54, 1.807) is 54.6 Å². The molecule has 3 saturated heterocycles. The number of hydrogen-bond acceptors (Lipinski definition) is 5. The number of fused-ring (bicyclic) bond motifs is 3. The van der Waals surface area contributed by atoms with Crippen LogP contribution in [0.3, 0.4) is 0 Å². The molecular weight excluding hydrogens is 438 g/mol. The highest BCUT2D eigenvalue weighted by atomic mass is 32.2. The summed E-state index contributed by atoms with van der Waals surface area (Å²) in [6, 6.07) is 18.9. The lowest BCUT2D eigenvalue weighted by Gasteiger charge is -2.49. The molecule has 3 aliphatic rings. The van der Waals surface area contributed by atoms with Crippen LogP contribution in [0.1, 0.15) is 30.3 Å². The molecule has 0 spiro atoms. The van der Waals surface area contributed by atoms with Crippen LogP contribution in [-0.2, 0) is 10.0 Å². The van der Waals surface area contributed by atoms with Crippen molar-refractivity contribution in [3.8, 4) is 11.3 Å². The number of carbonyl (C=O) groups excluding carboxylic acids is 1. The molecule has 0 unspecified atom stereocenters. The van der Waals surface area contributed by atoms with Crippen LogP contribution in [0.4, 0.5) is 5.69 Å². The Hall–Kier alpha value is -3.10. The fourth-order valence-electron chi connectivity index (χ4n) is 4.96. The van der Waals surface area contributed by atoms with Crippen LogP contribution in [0.25, 0.3) is 11.3 Å². The standard InChI is InChI=1S/C25H27N3O4S/c1-17-24(18-13-15-28(17)16-14-18)26-25(29)23-12-11-22(32-23)20-9-5-6-10-21(20)27-33(30,31)19-7-3-2-4-8-19/h2-12,17-18,24,27H,13-16H2,1H3,(H,26,29)/t17-,24-/m0/s1. The average Bonchev–Trinajstić information content (AvgIpc) is 3.33. The van der Waals surface area contributed by atoms with Crippen LogP contribution >= 0.6 is 0 Å². The van der Waals surface area contributed by atoms with Gasteiger partial charge in [-0.2, -0.15) is 0 Å². The van der Waals surface area contributed by atoms with E-state index < -0.39 is 10.0 Å². The molecule has 0 aliphatic carbocycles. The Morgan fingerprint density at radius 1 is 0.970 bits per heavy atom. The Balaban J connectivity index is 1.36. The minimum atomic E-state index is -3.76. The third-order valence-electron chi connectivity index (χ3n) is 6.80. The van der Waals surface area contributed by atoms with Crippen molar-refractivity contribution in [2.24, 2.45) is 5.92 Å². The number of hydrogen-bond donors (Lipinski definition) is 2. The largest absolute Gasteiger partial charge is 0.451 e. The van der Waals surface area contributed by atoms with Gasteiger partial charge in [-0.25, -0.2) is 8.42 Å². The van der Waals surface area contributed by atoms with Crippen molar-refractivity contribution in [3.63, 3.8) is 0 Å². The Kier molecular flexibility index (Phi) is 5.72. The zero-order valence-corrected chi connectivity index (χ0v) is 19.2. The van der Waals surface area contributed by atoms with Gasteiger partial charge in [-0.05, 0) is 75.2 Å². The number of piperidine rings is 3. The minimum absolute atomic E-state index is 0.110. The monoisotopic (exact) mass is 465 g/mol. The maximum atomic E-state index is 12.9. The fraction of sp³-hybridized carbons (Fsp3) is 0.320. The number of carbonyl (C=O) groups is 1. The molecule has 4 heterocycles. The van der Waals surface area contributed by atoms with Crippen molar-refractivity contribution in [2.45, 2.75) is 36.7 Å². The van der Waals surface area contributed by atoms with Gasteiger partial charge in [-0.15, -0.1) is 0 Å². The highest BCUT2D eigenvalue weighted by Crippen LogP contribution is 2.33. The summed E-state index contributed by atoms with van der Waals surface area (Å²) in [6.45, 7) is 4.36. The molecule has 172 valence electrons. The second-order valence-electron chi connectivity index (χ2n) is 8.74. The molecule has 2 atom stereocenters. The average molecular weight is 466 g/mol. The summed E-state index contributed by atoms with van der Waals surface area (Å²) in [4.78, 5) is 15.5. The zero-order chi connectivity index (χ0) is 23.0. The smallest absolute Gasteiger partial charge is 0.287 e. The number of amides is 1. The van der Waals surface area contributed by atoms with Crippen LogP contribution < -0.4 is 10.0 Å². The van der Waals surface area contributed by atoms with Crippen molar-refractivity contribution >= 4 is 21.6 Å². The summed E-state index contributed by atoms with van der Waals surface area (Å²) < 4.78 is 34.1. The van der Waals surface area contributed by atoms with Gasteiger partial charge < -0.3 is 9.73 Å². The Bertz CT molecular complexity index is 1250. The molecule has 2 aromatic carbocycles. The molecule has 7 nitrogen and oxygen atoms in total. The SMILES string of the molecule is C[C@H]1[C@H](NC(=O)c2ccc(-c3ccccc3NS(=O)(=O)c3ccccc3)o2)C2CCN1CC2. The number of benzene rings is 2. The molecular formula is C25H27N3O4S. The van der Waals surface area contributed by atoms with Gasteiger partial charge in [0, 0.05) is 17.6 Å². The van der Waals surface area contributed by atoms with E-state index in [-0.39, 0.29) is 22.6 Å². The van der Waals surface area contributed by atoms with E-state index in [0.717, 1.165) is 25.9 Å². The minimum Gasteiger partial charge on any atom is -0.451 e. The highest BCUT2D eigenvalue weighted by Gasteiger charge is 2.40. The summed E-state index contributed by atoms with van der Waals surface area (Å²) in [6.07, 6.45) is 2.21. The summed E-state index contributed by atoms with van der Waals surface area (Å²) in [5.74, 6) is 0.897. The second-order valence-corrected chi connectivity index (χ2v) is 10.4. The van der Waals surface area contributed by atoms with Gasteiger partial charge in [0.15, 0.2) is 5.76 Å². The zero-order valence-electron chi connectivity index (χ0n) is 18.4. The third kappa shape index (κ3) is 4.28. The molecule has 3 fully saturated rings. The molecule has 2 bridgehead atoms. The van der Waals surface area contributed by atoms with Crippen molar-refractivity contribution in [3.05, 3.63) is 72.5 Å². The topological polar surface area (TPSA) is 91.7 Å². The lowest BCUT2D eigenvalue weighted by atomic mass is 9.79. The van der Waals surface area contributed by atoms with Gasteiger partial charge in [-0.3, -0.25) is 14.4 Å². The van der Waals surface area contributed by atoms with Crippen molar-refractivity contribution < 1.29 is 17.6 Å². The van der Waals surface area contributed by atoms with E-state index >= 15 is 0 Å². The van der Waals surface area contributed by atoms with Gasteiger partial charge in [0.25, 0.3) is 15.9 Å². The summed E-state index contributed by atoms with van der Waals surface area (Å²) in [5.41, 5.74) is 0.945. The van der Waals surface area contributed by atoms with Crippen molar-refractivity contribution in [2.75, 3.05) is 17.8 Å². The molecule has 2 N–H and O–H groups in total. The molecule has 0 radical (unpaired) electrons. The van der Waals surface area contributed by atoms with E-state index in [1.165, 1.54) is 12.1 Å². The Morgan fingerprint density at radius 2 is 1.67 bits per heavy atom. The van der Waals surface area contributed by atoms with E-state index in [2.05, 4.69) is 21.9 Å². The number of sulfonamides is 1. The first-order valence-corrected chi connectivity index (χ1v) is 12.7. The molecule has 3 aliphatic heterocycles. The predicted molar refractivity (Wildman–Crippen MR) is 126 cm³/mol. The fourth-order valence-corrected chi connectivity index (χ4v) is 6.06. The number of nitrogens with zero attached hydrogens (tertiary/aromatic N) is 1. The van der Waals surface area contributed by atoms with Gasteiger partial charge in [0.05, 0.1) is 10.6 Å². The maximum Gasteiger partial charge on any atom is 0.287 e. The molecule has 1 aromatic heterocycles. The number of furan rings is 1. The van der Waals surface area contributed by atoms with E-state index in [9.17, 15) is 13.2 Å². The summed E-state index contributed by atoms with van der Waals surface area (Å²) in [5, 5.41) is 3.17. The van der Waals surface area contributed by atoms with Gasteiger partial charge in [0.1, 0.15) is 5.76 Å². The van der Waals surface area contributed by atoms with Gasteiger partial charge >= 0.3 is 0 Å². The van der Waals surface area contributed by atoms with E-state index in [1.807, 2.05) is 0 Å². The molecule has 1 amide bonds. The van der Waals surface area contributed by atoms with Crippen LogP contribution in [0, 0.1) is 5.92 Å². The first-order valence-electron chi connectivity index (χ1n) is 11.2. The number of anilines is 1. The van der Waals surface area contributed by atoms with Crippen LogP contribution in [-0.4, -0.2) is 44.4 Å². The second kappa shape index (κ2) is 8.68. The van der Waals surface area contributed by atoms with E-state index in [4.69, 9.17) is 4.42 Å². The highest BCUT2D eigenvalue weighted by molar-refractivity contribution is 7.92. The number of rotatable bonds is 6. The predicted octanol–water partition coefficient (Wildman–Crippen LogP) is 3.96. The molecule has 6 rings (SSSR count). The van der Waals surface area contributed by atoms with E-state index in [0.29, 0.717) is 29.0 Å². The van der Waals surface area contributed by atoms with Crippen molar-refractivity contribution in [1.29, 1.82) is 0 Å². The summed E-state index contributed by atoms with van der Waals surface area (Å²) in [7, 11) is -3.76. The first kappa shape index (κ1) is 21.7. The summed E-state index contributed by atoms with van der Waals surface area (Å²) >= 11 is 0. The Morgan fingerprint density at radius 3 is 2.39 bits per heavy atom. The normalized spacial score (nSPS) is 24.4. The molecule has 33 heavy (non-hydrogen) atoms. The quantitative estimate of drug-likeness (QED) is 0.575. The van der Waals surface area contributed by atoms with Gasteiger partial charge in [-0.1, -0.05) is 30.3 Å². The van der Waals surface area contributed by atoms with Crippen LogP contribution in [0.5, 0.6) is 0 Å². The lowest BCUT2D eigenvalue weighted by Crippen LogP contribution is -2.62. The Labute approximate surface area is 193 Å². The molecule has 3 aromatic rings. The molecule has 8 heteroatoms. The van der Waals surface area contributed by atoms with Crippen molar-refractivity contribution in [1.82, 2.24) is 10.2 Å². The van der Waals surface area contributed by atoms with Crippen LogP contribution in [0.15, 0.2) is 76.0 Å². The number of nitrogens with one attached hydrogen (secondary N) is 2. The first-order chi connectivity index (χ1) is 15.9. The van der Waals surface area contributed by atoms with Crippen LogP contribution in [0.2, 0.25) is 0 Å².